The summed E-state index contributed by atoms with van der Waals surface area (Å²) in [7, 11) is 0. The van der Waals surface area contributed by atoms with Gasteiger partial charge in [-0.05, 0) is 30.7 Å². The minimum atomic E-state index is -0.872. The van der Waals surface area contributed by atoms with Crippen molar-refractivity contribution in [1.82, 2.24) is 9.88 Å². The number of amides is 1. The van der Waals surface area contributed by atoms with Gasteiger partial charge in [-0.15, -0.1) is 0 Å². The number of halogens is 1. The van der Waals surface area contributed by atoms with E-state index < -0.39 is 11.4 Å². The van der Waals surface area contributed by atoms with Crippen molar-refractivity contribution in [3.8, 4) is 0 Å². The highest BCUT2D eigenvalue weighted by atomic mass is 79.9. The molecular weight excluding hydrogens is 376 g/mol. The summed E-state index contributed by atoms with van der Waals surface area (Å²) in [6.07, 6.45) is 0.455. The third-order valence-corrected chi connectivity index (χ3v) is 5.73. The normalized spacial score (nSPS) is 26.5. The number of nitrogens with one attached hydrogen (secondary N) is 1. The minimum Gasteiger partial charge on any atom is -0.481 e. The van der Waals surface area contributed by atoms with E-state index in [0.29, 0.717) is 31.9 Å². The number of benzene rings is 1. The highest BCUT2D eigenvalue weighted by Gasteiger charge is 2.55. The van der Waals surface area contributed by atoms with Gasteiger partial charge in [0.15, 0.2) is 0 Å². The minimum absolute atomic E-state index is 0.147. The number of nitrogens with zero attached hydrogens (tertiary/aromatic N) is 1. The SMILES string of the molecule is O=C(c1cc2cc(Br)ccc2[nH]1)N1C[C@H]2COCC[C@@]2(C(=O)O)C1. The third-order valence-electron chi connectivity index (χ3n) is 5.23. The lowest BCUT2D eigenvalue weighted by Crippen LogP contribution is -2.45. The van der Waals surface area contributed by atoms with Crippen molar-refractivity contribution in [2.45, 2.75) is 6.42 Å². The van der Waals surface area contributed by atoms with E-state index in [9.17, 15) is 14.7 Å². The van der Waals surface area contributed by atoms with Crippen LogP contribution in [-0.2, 0) is 9.53 Å². The Hall–Kier alpha value is -1.86. The predicted octanol–water partition coefficient (Wildman–Crippen LogP) is 2.49. The fourth-order valence-electron chi connectivity index (χ4n) is 3.84. The molecule has 1 amide bonds. The number of H-pyrrole nitrogens is 1. The van der Waals surface area contributed by atoms with Crippen LogP contribution in [0.15, 0.2) is 28.7 Å². The Balaban J connectivity index is 1.63. The average molecular weight is 393 g/mol. The number of hydrogen-bond acceptors (Lipinski definition) is 3. The molecule has 0 unspecified atom stereocenters. The van der Waals surface area contributed by atoms with Crippen LogP contribution in [0.1, 0.15) is 16.9 Å². The van der Waals surface area contributed by atoms with Crippen molar-refractivity contribution >= 4 is 38.7 Å². The summed E-state index contributed by atoms with van der Waals surface area (Å²) in [4.78, 5) is 29.5. The van der Waals surface area contributed by atoms with Crippen LogP contribution < -0.4 is 0 Å². The van der Waals surface area contributed by atoms with Gasteiger partial charge in [-0.3, -0.25) is 9.59 Å². The van der Waals surface area contributed by atoms with Crippen molar-refractivity contribution < 1.29 is 19.4 Å². The second-order valence-electron chi connectivity index (χ2n) is 6.58. The smallest absolute Gasteiger partial charge is 0.311 e. The molecule has 0 bridgehead atoms. The van der Waals surface area contributed by atoms with Crippen LogP contribution in [0.25, 0.3) is 10.9 Å². The molecule has 7 heteroatoms. The van der Waals surface area contributed by atoms with Gasteiger partial charge in [0, 0.05) is 41.0 Å². The van der Waals surface area contributed by atoms with Crippen molar-refractivity contribution in [2.24, 2.45) is 11.3 Å². The maximum atomic E-state index is 12.9. The Bertz CT molecular complexity index is 833. The van der Waals surface area contributed by atoms with Gasteiger partial charge in [-0.25, -0.2) is 0 Å². The molecule has 0 saturated carbocycles. The first-order valence-corrected chi connectivity index (χ1v) is 8.67. The number of carbonyl (C=O) groups excluding carboxylic acids is 1. The zero-order valence-electron chi connectivity index (χ0n) is 12.9. The quantitative estimate of drug-likeness (QED) is 0.822. The predicted molar refractivity (Wildman–Crippen MR) is 90.9 cm³/mol. The van der Waals surface area contributed by atoms with Crippen molar-refractivity contribution in [3.63, 3.8) is 0 Å². The fraction of sp³-hybridized carbons (Fsp3) is 0.412. The molecule has 0 aliphatic carbocycles. The fourth-order valence-corrected chi connectivity index (χ4v) is 4.22. The summed E-state index contributed by atoms with van der Waals surface area (Å²) in [6.45, 7) is 1.50. The molecule has 4 rings (SSSR count). The van der Waals surface area contributed by atoms with Gasteiger partial charge in [0.1, 0.15) is 5.69 Å². The third kappa shape index (κ3) is 2.34. The molecule has 2 aliphatic heterocycles. The van der Waals surface area contributed by atoms with E-state index >= 15 is 0 Å². The number of likely N-dealkylation sites (tertiary alicyclic amines) is 1. The van der Waals surface area contributed by atoms with Crippen LogP contribution >= 0.6 is 15.9 Å². The van der Waals surface area contributed by atoms with E-state index in [0.717, 1.165) is 15.4 Å². The molecule has 2 fully saturated rings. The number of rotatable bonds is 2. The summed E-state index contributed by atoms with van der Waals surface area (Å²) in [5, 5.41) is 10.7. The van der Waals surface area contributed by atoms with E-state index in [2.05, 4.69) is 20.9 Å². The Kier molecular flexibility index (Phi) is 3.65. The zero-order valence-corrected chi connectivity index (χ0v) is 14.5. The molecule has 24 heavy (non-hydrogen) atoms. The van der Waals surface area contributed by atoms with Crippen molar-refractivity contribution in [2.75, 3.05) is 26.3 Å². The van der Waals surface area contributed by atoms with Gasteiger partial charge in [0.05, 0.1) is 12.0 Å². The van der Waals surface area contributed by atoms with E-state index in [1.165, 1.54) is 0 Å². The molecule has 6 nitrogen and oxygen atoms in total. The lowest BCUT2D eigenvalue weighted by Gasteiger charge is -2.33. The van der Waals surface area contributed by atoms with Gasteiger partial charge < -0.3 is 19.7 Å². The van der Waals surface area contributed by atoms with Gasteiger partial charge in [-0.2, -0.15) is 0 Å². The maximum Gasteiger partial charge on any atom is 0.311 e. The lowest BCUT2D eigenvalue weighted by molar-refractivity contribution is -0.157. The molecule has 1 aromatic carbocycles. The largest absolute Gasteiger partial charge is 0.481 e. The number of carboxylic acid groups (broad SMARTS) is 1. The number of carbonyl (C=O) groups is 2. The number of aromatic nitrogens is 1. The molecule has 3 heterocycles. The summed E-state index contributed by atoms with van der Waals surface area (Å²) >= 11 is 3.42. The number of aliphatic carboxylic acids is 1. The summed E-state index contributed by atoms with van der Waals surface area (Å²) in [5.41, 5.74) is 0.501. The van der Waals surface area contributed by atoms with Crippen LogP contribution in [-0.4, -0.2) is 53.2 Å². The number of carboxylic acids is 1. The molecular formula is C17H17BrN2O4. The highest BCUT2D eigenvalue weighted by molar-refractivity contribution is 9.10. The molecule has 2 aromatic rings. The monoisotopic (exact) mass is 392 g/mol. The standard InChI is InChI=1S/C17H17BrN2O4/c18-12-1-2-13-10(5-12)6-14(19-13)15(21)20-7-11-8-24-4-3-17(11,9-20)16(22)23/h1-2,5-6,11,19H,3-4,7-9H2,(H,22,23)/t11-,17+/m0/s1. The molecule has 2 saturated heterocycles. The molecule has 126 valence electrons. The van der Waals surface area contributed by atoms with Crippen molar-refractivity contribution in [1.29, 1.82) is 0 Å². The molecule has 0 radical (unpaired) electrons. The molecule has 1 aromatic heterocycles. The molecule has 2 N–H and O–H groups in total. The molecule has 0 spiro atoms. The Labute approximate surface area is 146 Å². The second-order valence-corrected chi connectivity index (χ2v) is 7.50. The van der Waals surface area contributed by atoms with Gasteiger partial charge in [0.2, 0.25) is 0 Å². The topological polar surface area (TPSA) is 82.6 Å². The Morgan fingerprint density at radius 2 is 2.21 bits per heavy atom. The van der Waals surface area contributed by atoms with E-state index in [1.807, 2.05) is 24.3 Å². The van der Waals surface area contributed by atoms with Gasteiger partial charge in [0.25, 0.3) is 5.91 Å². The van der Waals surface area contributed by atoms with Gasteiger partial charge >= 0.3 is 5.97 Å². The molecule has 2 aliphatic rings. The summed E-state index contributed by atoms with van der Waals surface area (Å²) in [6, 6.07) is 7.58. The van der Waals surface area contributed by atoms with Gasteiger partial charge in [-0.1, -0.05) is 15.9 Å². The average Bonchev–Trinajstić information content (AvgIpc) is 3.15. The van der Waals surface area contributed by atoms with Crippen LogP contribution in [0.2, 0.25) is 0 Å². The maximum absolute atomic E-state index is 12.9. The van der Waals surface area contributed by atoms with Crippen LogP contribution in [0.3, 0.4) is 0 Å². The number of fused-ring (bicyclic) bond motifs is 2. The van der Waals surface area contributed by atoms with Crippen LogP contribution in [0.5, 0.6) is 0 Å². The van der Waals surface area contributed by atoms with E-state index in [1.54, 1.807) is 4.90 Å². The number of ether oxygens (including phenoxy) is 1. The van der Waals surface area contributed by atoms with E-state index in [-0.39, 0.29) is 18.4 Å². The Morgan fingerprint density at radius 1 is 1.38 bits per heavy atom. The number of hydrogen-bond donors (Lipinski definition) is 2. The zero-order chi connectivity index (χ0) is 16.9. The van der Waals surface area contributed by atoms with Crippen LogP contribution in [0, 0.1) is 11.3 Å². The summed E-state index contributed by atoms with van der Waals surface area (Å²) in [5.74, 6) is -1.13. The van der Waals surface area contributed by atoms with Crippen molar-refractivity contribution in [3.05, 3.63) is 34.4 Å². The Morgan fingerprint density at radius 3 is 2.96 bits per heavy atom. The second kappa shape index (κ2) is 5.60. The lowest BCUT2D eigenvalue weighted by atomic mass is 9.74. The van der Waals surface area contributed by atoms with E-state index in [4.69, 9.17) is 4.74 Å². The molecule has 2 atom stereocenters. The first-order chi connectivity index (χ1) is 11.5. The first-order valence-electron chi connectivity index (χ1n) is 7.88. The first kappa shape index (κ1) is 15.7. The summed E-state index contributed by atoms with van der Waals surface area (Å²) < 4.78 is 6.39. The number of aromatic amines is 1. The van der Waals surface area contributed by atoms with Crippen LogP contribution in [0.4, 0.5) is 0 Å². The highest BCUT2D eigenvalue weighted by Crippen LogP contribution is 2.42.